The largest absolute Gasteiger partial charge is 0.494 e. The van der Waals surface area contributed by atoms with Crippen LogP contribution in [0.3, 0.4) is 0 Å². The van der Waals surface area contributed by atoms with Gasteiger partial charge in [-0.05, 0) is 68.8 Å². The average molecular weight is 348 g/mol. The number of hydrogen-bond donors (Lipinski definition) is 0. The number of piperidine rings is 1. The van der Waals surface area contributed by atoms with E-state index in [4.69, 9.17) is 4.74 Å². The monoisotopic (exact) mass is 348 g/mol. The molecule has 0 spiro atoms. The van der Waals surface area contributed by atoms with Gasteiger partial charge in [0.1, 0.15) is 0 Å². The lowest BCUT2D eigenvalue weighted by Gasteiger charge is -2.32. The zero-order valence-electron chi connectivity index (χ0n) is 15.2. The maximum atomic E-state index is 13.5. The summed E-state index contributed by atoms with van der Waals surface area (Å²) in [5, 5.41) is 0. The average Bonchev–Trinajstić information content (AvgIpc) is 3.17. The topological polar surface area (TPSA) is 32.8 Å². The van der Waals surface area contributed by atoms with E-state index < -0.39 is 0 Å². The first-order chi connectivity index (χ1) is 12.2. The van der Waals surface area contributed by atoms with Crippen molar-refractivity contribution in [3.63, 3.8) is 0 Å². The third-order valence-corrected chi connectivity index (χ3v) is 5.55. The van der Waals surface area contributed by atoms with E-state index in [0.717, 1.165) is 70.4 Å². The van der Waals surface area contributed by atoms with Crippen LogP contribution in [0.1, 0.15) is 44.1 Å². The lowest BCUT2D eigenvalue weighted by molar-refractivity contribution is -0.130. The highest BCUT2D eigenvalue weighted by molar-refractivity contribution is 5.76. The van der Waals surface area contributed by atoms with Crippen molar-refractivity contribution in [1.82, 2.24) is 9.80 Å². The first-order valence-corrected chi connectivity index (χ1v) is 9.48. The zero-order valence-corrected chi connectivity index (χ0v) is 15.2. The van der Waals surface area contributed by atoms with E-state index in [1.165, 1.54) is 13.2 Å². The molecule has 2 heterocycles. The fraction of sp³-hybridized carbons (Fsp3) is 0.650. The normalized spacial score (nSPS) is 19.4. The van der Waals surface area contributed by atoms with Crippen molar-refractivity contribution >= 4 is 5.91 Å². The highest BCUT2D eigenvalue weighted by atomic mass is 19.1. The Labute approximate surface area is 149 Å². The van der Waals surface area contributed by atoms with Crippen LogP contribution in [0.2, 0.25) is 0 Å². The van der Waals surface area contributed by atoms with E-state index >= 15 is 0 Å². The van der Waals surface area contributed by atoms with Crippen LogP contribution in [-0.4, -0.2) is 49.0 Å². The molecular weight excluding hydrogens is 319 g/mol. The molecule has 1 amide bonds. The second-order valence-electron chi connectivity index (χ2n) is 7.31. The van der Waals surface area contributed by atoms with Gasteiger partial charge in [-0.1, -0.05) is 6.07 Å². The Morgan fingerprint density at radius 3 is 2.60 bits per heavy atom. The molecule has 0 saturated carbocycles. The van der Waals surface area contributed by atoms with Gasteiger partial charge < -0.3 is 9.64 Å². The number of halogens is 1. The fourth-order valence-electron chi connectivity index (χ4n) is 3.95. The number of benzene rings is 1. The molecule has 0 atom stereocenters. The van der Waals surface area contributed by atoms with E-state index in [0.29, 0.717) is 24.0 Å². The van der Waals surface area contributed by atoms with Crippen molar-refractivity contribution in [2.45, 2.75) is 45.1 Å². The number of nitrogens with zero attached hydrogens (tertiary/aromatic N) is 2. The maximum Gasteiger partial charge on any atom is 0.222 e. The van der Waals surface area contributed by atoms with Crippen LogP contribution >= 0.6 is 0 Å². The van der Waals surface area contributed by atoms with Gasteiger partial charge >= 0.3 is 0 Å². The zero-order chi connectivity index (χ0) is 17.6. The van der Waals surface area contributed by atoms with Crippen LogP contribution < -0.4 is 4.74 Å². The summed E-state index contributed by atoms with van der Waals surface area (Å²) in [5.74, 6) is 1.00. The number of carbonyl (C=O) groups excluding carboxylic acids is 1. The third-order valence-electron chi connectivity index (χ3n) is 5.55. The lowest BCUT2D eigenvalue weighted by Crippen LogP contribution is -2.34. The van der Waals surface area contributed by atoms with Crippen molar-refractivity contribution in [2.75, 3.05) is 33.3 Å². The van der Waals surface area contributed by atoms with Crippen molar-refractivity contribution in [3.8, 4) is 5.75 Å². The number of carbonyl (C=O) groups is 1. The molecule has 0 bridgehead atoms. The minimum atomic E-state index is -0.312. The number of hydrogen-bond acceptors (Lipinski definition) is 3. The van der Waals surface area contributed by atoms with Gasteiger partial charge in [-0.25, -0.2) is 4.39 Å². The molecule has 0 radical (unpaired) electrons. The van der Waals surface area contributed by atoms with Crippen molar-refractivity contribution < 1.29 is 13.9 Å². The van der Waals surface area contributed by atoms with Crippen molar-refractivity contribution in [1.29, 1.82) is 0 Å². The summed E-state index contributed by atoms with van der Waals surface area (Å²) in [6, 6.07) is 5.10. The Morgan fingerprint density at radius 1 is 1.20 bits per heavy atom. The van der Waals surface area contributed by atoms with Crippen LogP contribution in [0, 0.1) is 11.7 Å². The molecule has 25 heavy (non-hydrogen) atoms. The molecule has 0 unspecified atom stereocenters. The number of methoxy groups -OCH3 is 1. The summed E-state index contributed by atoms with van der Waals surface area (Å²) in [7, 11) is 1.50. The Balaban J connectivity index is 1.40. The molecule has 1 aromatic rings. The minimum absolute atomic E-state index is 0.312. The van der Waals surface area contributed by atoms with Gasteiger partial charge in [0, 0.05) is 26.1 Å². The van der Waals surface area contributed by atoms with Gasteiger partial charge in [0.2, 0.25) is 5.91 Å². The minimum Gasteiger partial charge on any atom is -0.494 e. The van der Waals surface area contributed by atoms with Crippen LogP contribution in [0.4, 0.5) is 4.39 Å². The second kappa shape index (κ2) is 8.65. The quantitative estimate of drug-likeness (QED) is 0.789. The molecule has 4 nitrogen and oxygen atoms in total. The first kappa shape index (κ1) is 18.2. The third kappa shape index (κ3) is 4.94. The summed E-state index contributed by atoms with van der Waals surface area (Å²) in [5.41, 5.74) is 1.08. The van der Waals surface area contributed by atoms with Crippen molar-refractivity contribution in [3.05, 3.63) is 29.6 Å². The number of likely N-dealkylation sites (tertiary alicyclic amines) is 2. The molecule has 2 saturated heterocycles. The SMILES string of the molecule is COc1cc(CN2CCC(CCC(=O)N3CCCC3)CC2)ccc1F. The van der Waals surface area contributed by atoms with E-state index in [1.807, 2.05) is 11.0 Å². The summed E-state index contributed by atoms with van der Waals surface area (Å²) in [4.78, 5) is 16.6. The predicted molar refractivity (Wildman–Crippen MR) is 96.0 cm³/mol. The summed E-state index contributed by atoms with van der Waals surface area (Å²) in [6.45, 7) is 4.83. The predicted octanol–water partition coefficient (Wildman–Crippen LogP) is 3.45. The molecule has 1 aromatic carbocycles. The van der Waals surface area contributed by atoms with E-state index in [9.17, 15) is 9.18 Å². The molecule has 2 fully saturated rings. The van der Waals surface area contributed by atoms with E-state index in [2.05, 4.69) is 4.90 Å². The van der Waals surface area contributed by atoms with E-state index in [1.54, 1.807) is 6.07 Å². The molecule has 2 aliphatic rings. The summed E-state index contributed by atoms with van der Waals surface area (Å²) < 4.78 is 18.6. The Kier molecular flexibility index (Phi) is 6.29. The van der Waals surface area contributed by atoms with Crippen LogP contribution in [0.5, 0.6) is 5.75 Å². The number of amides is 1. The molecule has 0 aliphatic carbocycles. The highest BCUT2D eigenvalue weighted by Crippen LogP contribution is 2.25. The molecular formula is C20H29FN2O2. The fourth-order valence-corrected chi connectivity index (χ4v) is 3.95. The Bertz CT molecular complexity index is 579. The van der Waals surface area contributed by atoms with Gasteiger partial charge in [0.25, 0.3) is 0 Å². The van der Waals surface area contributed by atoms with Gasteiger partial charge in [-0.3, -0.25) is 9.69 Å². The second-order valence-corrected chi connectivity index (χ2v) is 7.31. The van der Waals surface area contributed by atoms with Gasteiger partial charge in [-0.2, -0.15) is 0 Å². The summed E-state index contributed by atoms with van der Waals surface area (Å²) >= 11 is 0. The van der Waals surface area contributed by atoms with Crippen molar-refractivity contribution in [2.24, 2.45) is 5.92 Å². The highest BCUT2D eigenvalue weighted by Gasteiger charge is 2.22. The Morgan fingerprint density at radius 2 is 1.92 bits per heavy atom. The summed E-state index contributed by atoms with van der Waals surface area (Å²) in [6.07, 6.45) is 6.35. The smallest absolute Gasteiger partial charge is 0.222 e. The lowest BCUT2D eigenvalue weighted by atomic mass is 9.91. The first-order valence-electron chi connectivity index (χ1n) is 9.48. The Hall–Kier alpha value is -1.62. The molecule has 3 rings (SSSR count). The number of rotatable bonds is 6. The van der Waals surface area contributed by atoms with Crippen LogP contribution in [0.15, 0.2) is 18.2 Å². The molecule has 0 N–H and O–H groups in total. The molecule has 5 heteroatoms. The molecule has 2 aliphatic heterocycles. The maximum absolute atomic E-state index is 13.5. The molecule has 138 valence electrons. The van der Waals surface area contributed by atoms with Crippen LogP contribution in [-0.2, 0) is 11.3 Å². The van der Waals surface area contributed by atoms with Crippen LogP contribution in [0.25, 0.3) is 0 Å². The van der Waals surface area contributed by atoms with Gasteiger partial charge in [0.05, 0.1) is 7.11 Å². The molecule has 0 aromatic heterocycles. The van der Waals surface area contributed by atoms with E-state index in [-0.39, 0.29) is 5.82 Å². The van der Waals surface area contributed by atoms with Gasteiger partial charge in [0.15, 0.2) is 11.6 Å². The standard InChI is InChI=1S/C20H29FN2O2/c1-25-19-14-17(4-6-18(19)21)15-22-12-8-16(9-13-22)5-7-20(24)23-10-2-3-11-23/h4,6,14,16H,2-3,5,7-13,15H2,1H3. The number of ether oxygens (including phenoxy) is 1. The van der Waals surface area contributed by atoms with Gasteiger partial charge in [-0.15, -0.1) is 0 Å².